The summed E-state index contributed by atoms with van der Waals surface area (Å²) in [7, 11) is 2.94. The Morgan fingerprint density at radius 3 is 2.41 bits per heavy atom. The molecule has 5 nitrogen and oxygen atoms in total. The van der Waals surface area contributed by atoms with E-state index in [0.717, 1.165) is 6.07 Å². The summed E-state index contributed by atoms with van der Waals surface area (Å²) in [6.07, 6.45) is -4.54. The average Bonchev–Trinajstić information content (AvgIpc) is 2.45. The zero-order valence-corrected chi connectivity index (χ0v) is 12.6. The molecule has 0 aliphatic heterocycles. The summed E-state index contributed by atoms with van der Waals surface area (Å²) in [5.74, 6) is 0. The highest BCUT2D eigenvalue weighted by molar-refractivity contribution is 5.90. The fourth-order valence-corrected chi connectivity index (χ4v) is 1.76. The van der Waals surface area contributed by atoms with Gasteiger partial charge in [0.15, 0.2) is 0 Å². The number of urea groups is 1. The van der Waals surface area contributed by atoms with E-state index >= 15 is 0 Å². The highest BCUT2D eigenvalue weighted by Crippen LogP contribution is 2.34. The number of carbonyl (C=O) groups excluding carboxylic acids is 1. The van der Waals surface area contributed by atoms with Crippen molar-refractivity contribution in [1.82, 2.24) is 5.32 Å². The molecule has 0 aliphatic rings. The van der Waals surface area contributed by atoms with E-state index < -0.39 is 23.4 Å². The first kappa shape index (κ1) is 18.2. The molecule has 0 bridgehead atoms. The van der Waals surface area contributed by atoms with Gasteiger partial charge in [-0.1, -0.05) is 12.1 Å². The molecule has 1 unspecified atom stereocenters. The molecule has 124 valence electrons. The van der Waals surface area contributed by atoms with E-state index in [-0.39, 0.29) is 18.8 Å². The third kappa shape index (κ3) is 5.19. The Morgan fingerprint density at radius 1 is 1.23 bits per heavy atom. The predicted molar refractivity (Wildman–Crippen MR) is 75.8 cm³/mol. The molecule has 0 saturated carbocycles. The maximum absolute atomic E-state index is 12.8. The summed E-state index contributed by atoms with van der Waals surface area (Å²) in [5, 5.41) is 4.65. The van der Waals surface area contributed by atoms with Crippen LogP contribution in [0.2, 0.25) is 0 Å². The Labute approximate surface area is 126 Å². The molecule has 8 heteroatoms. The number of methoxy groups -OCH3 is 2. The van der Waals surface area contributed by atoms with E-state index in [1.807, 2.05) is 0 Å². The van der Waals surface area contributed by atoms with Crippen molar-refractivity contribution >= 4 is 11.7 Å². The highest BCUT2D eigenvalue weighted by atomic mass is 19.4. The molecule has 0 heterocycles. The predicted octanol–water partition coefficient (Wildman–Crippen LogP) is 2.88. The van der Waals surface area contributed by atoms with E-state index in [9.17, 15) is 18.0 Å². The lowest BCUT2D eigenvalue weighted by Crippen LogP contribution is -2.46. The van der Waals surface area contributed by atoms with Gasteiger partial charge < -0.3 is 20.1 Å². The summed E-state index contributed by atoms with van der Waals surface area (Å²) in [4.78, 5) is 11.8. The van der Waals surface area contributed by atoms with Crippen molar-refractivity contribution in [3.05, 3.63) is 29.8 Å². The Kier molecular flexibility index (Phi) is 6.19. The maximum Gasteiger partial charge on any atom is 0.418 e. The van der Waals surface area contributed by atoms with Crippen LogP contribution < -0.4 is 10.6 Å². The van der Waals surface area contributed by atoms with Gasteiger partial charge in [-0.25, -0.2) is 4.79 Å². The van der Waals surface area contributed by atoms with E-state index in [0.29, 0.717) is 0 Å². The van der Waals surface area contributed by atoms with Crippen molar-refractivity contribution in [3.63, 3.8) is 0 Å². The van der Waals surface area contributed by atoms with Crippen molar-refractivity contribution < 1.29 is 27.4 Å². The quantitative estimate of drug-likeness (QED) is 0.847. The Hall–Kier alpha value is -1.80. The van der Waals surface area contributed by atoms with Crippen molar-refractivity contribution in [1.29, 1.82) is 0 Å². The largest absolute Gasteiger partial charge is 0.418 e. The van der Waals surface area contributed by atoms with Crippen LogP contribution in [0.3, 0.4) is 0 Å². The lowest BCUT2D eigenvalue weighted by molar-refractivity contribution is -0.136. The van der Waals surface area contributed by atoms with Gasteiger partial charge in [0.05, 0.1) is 24.4 Å². The van der Waals surface area contributed by atoms with Crippen molar-refractivity contribution in [2.45, 2.75) is 18.7 Å². The number of anilines is 1. The van der Waals surface area contributed by atoms with Crippen LogP contribution in [-0.4, -0.2) is 39.0 Å². The van der Waals surface area contributed by atoms with Crippen LogP contribution in [0.1, 0.15) is 12.5 Å². The van der Waals surface area contributed by atoms with E-state index in [4.69, 9.17) is 9.47 Å². The van der Waals surface area contributed by atoms with Crippen molar-refractivity contribution in [2.24, 2.45) is 0 Å². The minimum atomic E-state index is -4.54. The molecule has 1 aromatic carbocycles. The van der Waals surface area contributed by atoms with Crippen molar-refractivity contribution in [2.75, 3.05) is 32.7 Å². The molecule has 0 aromatic heterocycles. The summed E-state index contributed by atoms with van der Waals surface area (Å²) < 4.78 is 48.6. The summed E-state index contributed by atoms with van der Waals surface area (Å²) >= 11 is 0. The molecule has 0 radical (unpaired) electrons. The van der Waals surface area contributed by atoms with Crippen LogP contribution in [0.5, 0.6) is 0 Å². The first-order chi connectivity index (χ1) is 10.2. The number of rotatable bonds is 6. The molecular formula is C14H19F3N2O3. The van der Waals surface area contributed by atoms with Gasteiger partial charge in [0.2, 0.25) is 0 Å². The van der Waals surface area contributed by atoms with Crippen LogP contribution in [0.25, 0.3) is 0 Å². The van der Waals surface area contributed by atoms with Crippen molar-refractivity contribution in [3.8, 4) is 0 Å². The number of nitrogens with one attached hydrogen (secondary N) is 2. The minimum Gasteiger partial charge on any atom is -0.382 e. The van der Waals surface area contributed by atoms with Crippen LogP contribution >= 0.6 is 0 Å². The highest BCUT2D eigenvalue weighted by Gasteiger charge is 2.33. The van der Waals surface area contributed by atoms with Gasteiger partial charge in [0, 0.05) is 14.2 Å². The molecule has 2 amide bonds. The SMILES string of the molecule is COCC(C)(CNC(=O)Nc1ccccc1C(F)(F)F)OC. The van der Waals surface area contributed by atoms with Gasteiger partial charge in [0.25, 0.3) is 0 Å². The number of ether oxygens (including phenoxy) is 2. The molecular weight excluding hydrogens is 301 g/mol. The lowest BCUT2D eigenvalue weighted by atomic mass is 10.1. The smallest absolute Gasteiger partial charge is 0.382 e. The number of halogens is 3. The average molecular weight is 320 g/mol. The summed E-state index contributed by atoms with van der Waals surface area (Å²) in [5.41, 5.74) is -1.98. The number of carbonyl (C=O) groups is 1. The lowest BCUT2D eigenvalue weighted by Gasteiger charge is -2.27. The number of hydrogen-bond acceptors (Lipinski definition) is 3. The second kappa shape index (κ2) is 7.46. The van der Waals surface area contributed by atoms with E-state index in [2.05, 4.69) is 10.6 Å². The molecule has 22 heavy (non-hydrogen) atoms. The second-order valence-corrected chi connectivity index (χ2v) is 4.94. The third-order valence-corrected chi connectivity index (χ3v) is 3.05. The van der Waals surface area contributed by atoms with Crippen LogP contribution in [-0.2, 0) is 15.7 Å². The summed E-state index contributed by atoms with van der Waals surface area (Å²) in [6.45, 7) is 2.01. The zero-order valence-electron chi connectivity index (χ0n) is 12.6. The first-order valence-electron chi connectivity index (χ1n) is 6.47. The zero-order chi connectivity index (χ0) is 16.8. The number of benzene rings is 1. The van der Waals surface area contributed by atoms with Gasteiger partial charge in [-0.15, -0.1) is 0 Å². The van der Waals surface area contributed by atoms with Crippen LogP contribution in [0.4, 0.5) is 23.7 Å². The minimum absolute atomic E-state index is 0.0807. The topological polar surface area (TPSA) is 59.6 Å². The molecule has 0 spiro atoms. The molecule has 1 atom stereocenters. The standard InChI is InChI=1S/C14H19F3N2O3/c1-13(22-3,9-21-2)8-18-12(20)19-11-7-5-4-6-10(11)14(15,16)17/h4-7H,8-9H2,1-3H3,(H2,18,19,20). The van der Waals surface area contributed by atoms with Crippen LogP contribution in [0, 0.1) is 0 Å². The second-order valence-electron chi connectivity index (χ2n) is 4.94. The van der Waals surface area contributed by atoms with Crippen LogP contribution in [0.15, 0.2) is 24.3 Å². The number of amides is 2. The number of para-hydroxylation sites is 1. The molecule has 2 N–H and O–H groups in total. The Morgan fingerprint density at radius 2 is 1.86 bits per heavy atom. The van der Waals surface area contributed by atoms with E-state index in [1.165, 1.54) is 32.4 Å². The molecule has 0 aliphatic carbocycles. The third-order valence-electron chi connectivity index (χ3n) is 3.05. The summed E-state index contributed by atoms with van der Waals surface area (Å²) in [6, 6.07) is 4.00. The molecule has 1 rings (SSSR count). The number of alkyl halides is 3. The normalized spacial score (nSPS) is 14.3. The molecule has 0 saturated heterocycles. The Balaban J connectivity index is 2.71. The number of hydrogen-bond donors (Lipinski definition) is 2. The van der Waals surface area contributed by atoms with Gasteiger partial charge in [-0.05, 0) is 19.1 Å². The monoisotopic (exact) mass is 320 g/mol. The molecule has 1 aromatic rings. The maximum atomic E-state index is 12.8. The van der Waals surface area contributed by atoms with Gasteiger partial charge in [0.1, 0.15) is 5.60 Å². The van der Waals surface area contributed by atoms with Gasteiger partial charge in [-0.2, -0.15) is 13.2 Å². The molecule has 0 fully saturated rings. The fraction of sp³-hybridized carbons (Fsp3) is 0.500. The first-order valence-corrected chi connectivity index (χ1v) is 6.47. The van der Waals surface area contributed by atoms with E-state index in [1.54, 1.807) is 6.92 Å². The van der Waals surface area contributed by atoms with Gasteiger partial charge in [-0.3, -0.25) is 0 Å². The fourth-order valence-electron chi connectivity index (χ4n) is 1.76. The van der Waals surface area contributed by atoms with Gasteiger partial charge >= 0.3 is 12.2 Å². The Bertz CT molecular complexity index is 508.